The number of thiophene rings is 1. The predicted octanol–water partition coefficient (Wildman–Crippen LogP) is 3.99. The predicted molar refractivity (Wildman–Crippen MR) is 82.8 cm³/mol. The first-order valence-electron chi connectivity index (χ1n) is 5.61. The molecule has 1 aromatic heterocycles. The maximum atomic E-state index is 12.5. The number of amides is 1. The van der Waals surface area contributed by atoms with E-state index in [-0.39, 0.29) is 18.9 Å². The lowest BCUT2D eigenvalue weighted by Gasteiger charge is -2.35. The highest BCUT2D eigenvalue weighted by atomic mass is 79.9. The Kier molecular flexibility index (Phi) is 5.58. The van der Waals surface area contributed by atoms with E-state index >= 15 is 0 Å². The van der Waals surface area contributed by atoms with Gasteiger partial charge in [0, 0.05) is 16.6 Å². The van der Waals surface area contributed by atoms with Crippen LogP contribution in [0.5, 0.6) is 0 Å². The van der Waals surface area contributed by atoms with Gasteiger partial charge in [0.1, 0.15) is 0 Å². The Morgan fingerprint density at radius 3 is 2.32 bits per heavy atom. The van der Waals surface area contributed by atoms with Crippen molar-refractivity contribution in [2.24, 2.45) is 0 Å². The van der Waals surface area contributed by atoms with Crippen molar-refractivity contribution in [2.75, 3.05) is 6.54 Å². The number of carboxylic acid groups (broad SMARTS) is 1. The smallest absolute Gasteiger partial charge is 0.305 e. The third kappa shape index (κ3) is 4.57. The quantitative estimate of drug-likeness (QED) is 0.813. The fourth-order valence-electron chi connectivity index (χ4n) is 1.53. The molecule has 0 radical (unpaired) electrons. The van der Waals surface area contributed by atoms with Crippen LogP contribution >= 0.6 is 43.2 Å². The van der Waals surface area contributed by atoms with Crippen molar-refractivity contribution < 1.29 is 14.7 Å². The molecule has 0 bridgehead atoms. The minimum Gasteiger partial charge on any atom is -0.481 e. The van der Waals surface area contributed by atoms with E-state index in [1.165, 1.54) is 11.3 Å². The van der Waals surface area contributed by atoms with Crippen LogP contribution in [-0.2, 0) is 4.79 Å². The summed E-state index contributed by atoms with van der Waals surface area (Å²) in [5, 5.41) is 8.78. The molecular formula is C12H15Br2NO3S. The van der Waals surface area contributed by atoms with Gasteiger partial charge in [-0.1, -0.05) is 0 Å². The Balaban J connectivity index is 2.97. The molecule has 1 rings (SSSR count). The number of carboxylic acids is 1. The van der Waals surface area contributed by atoms with E-state index in [4.69, 9.17) is 5.11 Å². The van der Waals surface area contributed by atoms with Crippen molar-refractivity contribution in [3.8, 4) is 0 Å². The van der Waals surface area contributed by atoms with Gasteiger partial charge in [0.25, 0.3) is 5.91 Å². The number of hydrogen-bond acceptors (Lipinski definition) is 3. The Morgan fingerprint density at radius 1 is 1.37 bits per heavy atom. The average Bonchev–Trinajstić information content (AvgIpc) is 2.57. The van der Waals surface area contributed by atoms with Crippen LogP contribution in [0.2, 0.25) is 0 Å². The molecule has 1 heterocycles. The number of nitrogens with zero attached hydrogens (tertiary/aromatic N) is 1. The zero-order chi connectivity index (χ0) is 14.8. The molecule has 7 heteroatoms. The number of aliphatic carboxylic acids is 1. The fraction of sp³-hybridized carbons (Fsp3) is 0.500. The number of halogens is 2. The molecule has 0 aliphatic heterocycles. The van der Waals surface area contributed by atoms with Gasteiger partial charge < -0.3 is 10.0 Å². The van der Waals surface area contributed by atoms with Gasteiger partial charge in [0.05, 0.1) is 15.1 Å². The molecule has 0 fully saturated rings. The third-order valence-electron chi connectivity index (χ3n) is 2.46. The summed E-state index contributed by atoms with van der Waals surface area (Å²) >= 11 is 8.03. The van der Waals surface area contributed by atoms with Crippen molar-refractivity contribution in [2.45, 2.75) is 32.7 Å². The highest BCUT2D eigenvalue weighted by Crippen LogP contribution is 2.33. The van der Waals surface area contributed by atoms with Gasteiger partial charge in [-0.3, -0.25) is 9.59 Å². The SMILES string of the molecule is CC(C)(C)N(CCC(=O)O)C(=O)c1cc(Br)c(Br)s1. The maximum absolute atomic E-state index is 12.5. The van der Waals surface area contributed by atoms with Crippen LogP contribution in [0.3, 0.4) is 0 Å². The number of hydrogen-bond donors (Lipinski definition) is 1. The van der Waals surface area contributed by atoms with Gasteiger partial charge in [0.15, 0.2) is 0 Å². The van der Waals surface area contributed by atoms with Crippen LogP contribution in [0.4, 0.5) is 0 Å². The van der Waals surface area contributed by atoms with E-state index in [0.717, 1.165) is 8.26 Å². The summed E-state index contributed by atoms with van der Waals surface area (Å²) < 4.78 is 1.68. The van der Waals surface area contributed by atoms with Crippen LogP contribution in [-0.4, -0.2) is 34.0 Å². The number of carbonyl (C=O) groups is 2. The molecule has 106 valence electrons. The van der Waals surface area contributed by atoms with Crippen LogP contribution in [0.1, 0.15) is 36.9 Å². The lowest BCUT2D eigenvalue weighted by Crippen LogP contribution is -2.46. The van der Waals surface area contributed by atoms with E-state index < -0.39 is 11.5 Å². The minimum absolute atomic E-state index is 0.0588. The van der Waals surface area contributed by atoms with Crippen LogP contribution in [0.25, 0.3) is 0 Å². The second-order valence-electron chi connectivity index (χ2n) is 5.00. The first-order chi connectivity index (χ1) is 8.62. The van der Waals surface area contributed by atoms with Crippen LogP contribution in [0, 0.1) is 0 Å². The molecule has 0 aliphatic carbocycles. The Labute approximate surface area is 133 Å². The maximum Gasteiger partial charge on any atom is 0.305 e. The molecule has 0 spiro atoms. The van der Waals surface area contributed by atoms with E-state index in [1.807, 2.05) is 20.8 Å². The van der Waals surface area contributed by atoms with Gasteiger partial charge >= 0.3 is 5.97 Å². The topological polar surface area (TPSA) is 57.6 Å². The summed E-state index contributed by atoms with van der Waals surface area (Å²) in [5.41, 5.74) is -0.421. The molecule has 0 aromatic carbocycles. The summed E-state index contributed by atoms with van der Waals surface area (Å²) in [7, 11) is 0. The van der Waals surface area contributed by atoms with Crippen molar-refractivity contribution >= 4 is 55.1 Å². The van der Waals surface area contributed by atoms with Gasteiger partial charge in [-0.2, -0.15) is 0 Å². The lowest BCUT2D eigenvalue weighted by atomic mass is 10.1. The molecule has 0 unspecified atom stereocenters. The normalized spacial score (nSPS) is 11.4. The third-order valence-corrected chi connectivity index (χ3v) is 5.70. The van der Waals surface area contributed by atoms with Crippen molar-refractivity contribution in [3.05, 3.63) is 19.2 Å². The second-order valence-corrected chi connectivity index (χ2v) is 8.23. The molecule has 1 amide bonds. The zero-order valence-corrected chi connectivity index (χ0v) is 14.9. The Morgan fingerprint density at radius 2 is 1.95 bits per heavy atom. The average molecular weight is 413 g/mol. The molecule has 0 aliphatic rings. The highest BCUT2D eigenvalue weighted by Gasteiger charge is 2.29. The molecule has 0 atom stereocenters. The first kappa shape index (κ1) is 16.7. The minimum atomic E-state index is -0.907. The Bertz CT molecular complexity index is 474. The molecule has 19 heavy (non-hydrogen) atoms. The van der Waals surface area contributed by atoms with Crippen LogP contribution in [0.15, 0.2) is 14.3 Å². The van der Waals surface area contributed by atoms with Crippen molar-refractivity contribution in [1.29, 1.82) is 0 Å². The summed E-state index contributed by atoms with van der Waals surface area (Å²) in [6.07, 6.45) is -0.0588. The first-order valence-corrected chi connectivity index (χ1v) is 8.01. The van der Waals surface area contributed by atoms with E-state index in [0.29, 0.717) is 4.88 Å². The summed E-state index contributed by atoms with van der Waals surface area (Å²) in [4.78, 5) is 25.3. The standard InChI is InChI=1S/C12H15Br2NO3S/c1-12(2,3)15(5-4-9(16)17)11(18)8-6-7(13)10(14)19-8/h6H,4-5H2,1-3H3,(H,16,17). The number of rotatable bonds is 4. The fourth-order valence-corrected chi connectivity index (χ4v) is 3.52. The zero-order valence-electron chi connectivity index (χ0n) is 10.9. The highest BCUT2D eigenvalue weighted by molar-refractivity contribution is 9.13. The Hall–Kier alpha value is -0.400. The summed E-state index contributed by atoms with van der Waals surface area (Å²) in [5.74, 6) is -1.05. The molecule has 0 saturated carbocycles. The monoisotopic (exact) mass is 411 g/mol. The number of carbonyl (C=O) groups excluding carboxylic acids is 1. The van der Waals surface area contributed by atoms with Crippen molar-refractivity contribution in [3.63, 3.8) is 0 Å². The molecule has 4 nitrogen and oxygen atoms in total. The molecular weight excluding hydrogens is 398 g/mol. The molecule has 1 N–H and O–H groups in total. The van der Waals surface area contributed by atoms with Gasteiger partial charge in [-0.25, -0.2) is 0 Å². The summed E-state index contributed by atoms with van der Waals surface area (Å²) in [6.45, 7) is 5.88. The van der Waals surface area contributed by atoms with Gasteiger partial charge in [-0.15, -0.1) is 11.3 Å². The molecule has 1 aromatic rings. The van der Waals surface area contributed by atoms with E-state index in [9.17, 15) is 9.59 Å². The molecule has 0 saturated heterocycles. The van der Waals surface area contributed by atoms with Gasteiger partial charge in [-0.05, 0) is 58.7 Å². The van der Waals surface area contributed by atoms with Crippen molar-refractivity contribution in [1.82, 2.24) is 4.90 Å². The lowest BCUT2D eigenvalue weighted by molar-refractivity contribution is -0.137. The van der Waals surface area contributed by atoms with Crippen LogP contribution < -0.4 is 0 Å². The van der Waals surface area contributed by atoms with E-state index in [2.05, 4.69) is 31.9 Å². The van der Waals surface area contributed by atoms with Gasteiger partial charge in [0.2, 0.25) is 0 Å². The van der Waals surface area contributed by atoms with E-state index in [1.54, 1.807) is 11.0 Å². The second kappa shape index (κ2) is 6.37. The summed E-state index contributed by atoms with van der Waals surface area (Å²) in [6, 6.07) is 1.75. The largest absolute Gasteiger partial charge is 0.481 e.